The summed E-state index contributed by atoms with van der Waals surface area (Å²) in [5.74, 6) is -0.130. The molecule has 23 heavy (non-hydrogen) atoms. The van der Waals surface area contributed by atoms with Crippen LogP contribution in [0.25, 0.3) is 0 Å². The molecule has 0 saturated carbocycles. The highest BCUT2D eigenvalue weighted by Crippen LogP contribution is 2.24. The van der Waals surface area contributed by atoms with E-state index in [9.17, 15) is 9.59 Å². The maximum atomic E-state index is 12.8. The molecular formula is C19H21NO3. The van der Waals surface area contributed by atoms with Crippen LogP contribution in [0.15, 0.2) is 48.5 Å². The quantitative estimate of drug-likeness (QED) is 0.845. The lowest BCUT2D eigenvalue weighted by Crippen LogP contribution is -2.28. The summed E-state index contributed by atoms with van der Waals surface area (Å²) >= 11 is 0. The van der Waals surface area contributed by atoms with Crippen LogP contribution in [0.4, 0.5) is 10.5 Å². The molecule has 0 bridgehead atoms. The van der Waals surface area contributed by atoms with E-state index in [1.165, 1.54) is 0 Å². The van der Waals surface area contributed by atoms with E-state index in [0.29, 0.717) is 16.8 Å². The minimum Gasteiger partial charge on any atom is -0.444 e. The number of carbonyl (C=O) groups is 2. The highest BCUT2D eigenvalue weighted by Gasteiger charge is 2.20. The van der Waals surface area contributed by atoms with Crippen molar-refractivity contribution in [3.05, 3.63) is 65.2 Å². The number of rotatable bonds is 3. The summed E-state index contributed by atoms with van der Waals surface area (Å²) in [5.41, 5.74) is 1.71. The lowest BCUT2D eigenvalue weighted by Gasteiger charge is -2.20. The summed E-state index contributed by atoms with van der Waals surface area (Å²) < 4.78 is 5.26. The topological polar surface area (TPSA) is 55.4 Å². The molecule has 2 aromatic carbocycles. The van der Waals surface area contributed by atoms with Gasteiger partial charge >= 0.3 is 6.09 Å². The van der Waals surface area contributed by atoms with E-state index in [-0.39, 0.29) is 5.78 Å². The molecule has 0 aliphatic carbocycles. The van der Waals surface area contributed by atoms with Gasteiger partial charge in [0.25, 0.3) is 0 Å². The SMILES string of the molecule is Cc1cccc(NC(=O)OC(C)(C)C)c1C(=O)c1ccccc1. The van der Waals surface area contributed by atoms with Gasteiger partial charge in [-0.15, -0.1) is 0 Å². The van der Waals surface area contributed by atoms with E-state index in [1.54, 1.807) is 45.0 Å². The van der Waals surface area contributed by atoms with E-state index >= 15 is 0 Å². The first kappa shape index (κ1) is 16.7. The Kier molecular flexibility index (Phi) is 4.84. The Morgan fingerprint density at radius 1 is 0.957 bits per heavy atom. The Hall–Kier alpha value is -2.62. The van der Waals surface area contributed by atoms with Crippen molar-refractivity contribution in [2.24, 2.45) is 0 Å². The minimum atomic E-state index is -0.600. The number of carbonyl (C=O) groups excluding carboxylic acids is 2. The van der Waals surface area contributed by atoms with E-state index in [4.69, 9.17) is 4.74 Å². The molecule has 2 rings (SSSR count). The van der Waals surface area contributed by atoms with Crippen molar-refractivity contribution < 1.29 is 14.3 Å². The predicted molar refractivity (Wildman–Crippen MR) is 90.9 cm³/mol. The first-order chi connectivity index (χ1) is 10.8. The zero-order valence-corrected chi connectivity index (χ0v) is 13.8. The smallest absolute Gasteiger partial charge is 0.412 e. The lowest BCUT2D eigenvalue weighted by atomic mass is 9.97. The zero-order valence-electron chi connectivity index (χ0n) is 13.8. The first-order valence-electron chi connectivity index (χ1n) is 7.47. The van der Waals surface area contributed by atoms with E-state index in [0.717, 1.165) is 5.56 Å². The maximum absolute atomic E-state index is 12.8. The molecule has 0 aromatic heterocycles. The van der Waals surface area contributed by atoms with Crippen molar-refractivity contribution in [3.8, 4) is 0 Å². The van der Waals surface area contributed by atoms with Crippen molar-refractivity contribution in [1.82, 2.24) is 0 Å². The molecule has 0 heterocycles. The average Bonchev–Trinajstić information content (AvgIpc) is 2.46. The highest BCUT2D eigenvalue weighted by atomic mass is 16.6. The van der Waals surface area contributed by atoms with Gasteiger partial charge in [-0.1, -0.05) is 42.5 Å². The Bertz CT molecular complexity index is 715. The van der Waals surface area contributed by atoms with Gasteiger partial charge in [-0.05, 0) is 39.3 Å². The van der Waals surface area contributed by atoms with E-state index in [2.05, 4.69) is 5.32 Å². The van der Waals surface area contributed by atoms with E-state index in [1.807, 2.05) is 31.2 Å². The third-order valence-corrected chi connectivity index (χ3v) is 3.17. The fourth-order valence-corrected chi connectivity index (χ4v) is 2.22. The van der Waals surface area contributed by atoms with Gasteiger partial charge in [0.1, 0.15) is 5.60 Å². The summed E-state index contributed by atoms with van der Waals surface area (Å²) in [4.78, 5) is 24.8. The van der Waals surface area contributed by atoms with Crippen LogP contribution in [0, 0.1) is 6.92 Å². The molecule has 0 aliphatic heterocycles. The van der Waals surface area contributed by atoms with E-state index < -0.39 is 11.7 Å². The highest BCUT2D eigenvalue weighted by molar-refractivity contribution is 6.14. The van der Waals surface area contributed by atoms with Crippen LogP contribution in [0.3, 0.4) is 0 Å². The van der Waals surface area contributed by atoms with Crippen molar-refractivity contribution in [2.45, 2.75) is 33.3 Å². The van der Waals surface area contributed by atoms with Crippen molar-refractivity contribution in [2.75, 3.05) is 5.32 Å². The Morgan fingerprint density at radius 3 is 2.22 bits per heavy atom. The Morgan fingerprint density at radius 2 is 1.61 bits per heavy atom. The Balaban J connectivity index is 2.34. The number of anilines is 1. The van der Waals surface area contributed by atoms with Gasteiger partial charge in [-0.3, -0.25) is 10.1 Å². The number of ketones is 1. The molecular weight excluding hydrogens is 290 g/mol. The molecule has 120 valence electrons. The molecule has 0 aliphatic rings. The molecule has 4 heteroatoms. The number of amides is 1. The van der Waals surface area contributed by atoms with Crippen LogP contribution in [0.5, 0.6) is 0 Å². The minimum absolute atomic E-state index is 0.130. The summed E-state index contributed by atoms with van der Waals surface area (Å²) in [7, 11) is 0. The number of hydrogen-bond donors (Lipinski definition) is 1. The van der Waals surface area contributed by atoms with Crippen LogP contribution >= 0.6 is 0 Å². The monoisotopic (exact) mass is 311 g/mol. The first-order valence-corrected chi connectivity index (χ1v) is 7.47. The number of nitrogens with one attached hydrogen (secondary N) is 1. The summed E-state index contributed by atoms with van der Waals surface area (Å²) in [6.07, 6.45) is -0.579. The predicted octanol–water partition coefficient (Wildman–Crippen LogP) is 4.57. The molecule has 0 unspecified atom stereocenters. The summed E-state index contributed by atoms with van der Waals surface area (Å²) in [6, 6.07) is 14.3. The van der Waals surface area contributed by atoms with Crippen LogP contribution < -0.4 is 5.32 Å². The van der Waals surface area contributed by atoms with Crippen molar-refractivity contribution >= 4 is 17.6 Å². The summed E-state index contributed by atoms with van der Waals surface area (Å²) in [5, 5.41) is 2.68. The number of aryl methyl sites for hydroxylation is 1. The van der Waals surface area contributed by atoms with Gasteiger partial charge in [0, 0.05) is 11.1 Å². The molecule has 0 spiro atoms. The lowest BCUT2D eigenvalue weighted by molar-refractivity contribution is 0.0636. The fraction of sp³-hybridized carbons (Fsp3) is 0.263. The number of benzene rings is 2. The maximum Gasteiger partial charge on any atom is 0.412 e. The average molecular weight is 311 g/mol. The van der Waals surface area contributed by atoms with Gasteiger partial charge in [0.15, 0.2) is 5.78 Å². The third-order valence-electron chi connectivity index (χ3n) is 3.17. The third kappa shape index (κ3) is 4.42. The van der Waals surface area contributed by atoms with Crippen molar-refractivity contribution in [1.29, 1.82) is 0 Å². The second-order valence-electron chi connectivity index (χ2n) is 6.32. The second-order valence-corrected chi connectivity index (χ2v) is 6.32. The van der Waals surface area contributed by atoms with Gasteiger partial charge in [0.2, 0.25) is 0 Å². The molecule has 0 radical (unpaired) electrons. The molecule has 0 saturated heterocycles. The molecule has 1 amide bonds. The van der Waals surface area contributed by atoms with Crippen LogP contribution in [0.1, 0.15) is 42.3 Å². The largest absolute Gasteiger partial charge is 0.444 e. The molecule has 1 N–H and O–H groups in total. The Labute approximate surface area is 136 Å². The van der Waals surface area contributed by atoms with Gasteiger partial charge < -0.3 is 4.74 Å². The van der Waals surface area contributed by atoms with Gasteiger partial charge in [-0.2, -0.15) is 0 Å². The number of hydrogen-bond acceptors (Lipinski definition) is 3. The van der Waals surface area contributed by atoms with Gasteiger partial charge in [0.05, 0.1) is 5.69 Å². The van der Waals surface area contributed by atoms with Crippen LogP contribution in [0.2, 0.25) is 0 Å². The van der Waals surface area contributed by atoms with Crippen molar-refractivity contribution in [3.63, 3.8) is 0 Å². The number of ether oxygens (including phenoxy) is 1. The summed E-state index contributed by atoms with van der Waals surface area (Å²) in [6.45, 7) is 7.22. The van der Waals surface area contributed by atoms with Crippen LogP contribution in [-0.4, -0.2) is 17.5 Å². The molecule has 4 nitrogen and oxygen atoms in total. The molecule has 2 aromatic rings. The standard InChI is InChI=1S/C19H21NO3/c1-13-9-8-12-15(20-18(22)23-19(2,3)4)16(13)17(21)14-10-6-5-7-11-14/h5-12H,1-4H3,(H,20,22). The molecule has 0 atom stereocenters. The molecule has 0 fully saturated rings. The normalized spacial score (nSPS) is 11.0. The zero-order chi connectivity index (χ0) is 17.0. The van der Waals surface area contributed by atoms with Crippen LogP contribution in [-0.2, 0) is 4.74 Å². The second kappa shape index (κ2) is 6.65. The fourth-order valence-electron chi connectivity index (χ4n) is 2.22. The van der Waals surface area contributed by atoms with Gasteiger partial charge in [-0.25, -0.2) is 4.79 Å².